The van der Waals surface area contributed by atoms with Crippen LogP contribution in [0.5, 0.6) is 0 Å². The number of halogens is 1. The number of amides is 3. The fourth-order valence-electron chi connectivity index (χ4n) is 3.18. The standard InChI is InChI=1S/C14H23BrN2O2/c1-2-6-11-12(18)17(13(19)16-11)10-14(9-15)7-4-3-5-8-14/h11H,2-10H2,1H3,(H,16,19). The Morgan fingerprint density at radius 2 is 2.00 bits per heavy atom. The van der Waals surface area contributed by atoms with Crippen molar-refractivity contribution in [1.82, 2.24) is 10.2 Å². The van der Waals surface area contributed by atoms with Gasteiger partial charge in [-0.1, -0.05) is 48.5 Å². The smallest absolute Gasteiger partial charge is 0.324 e. The minimum atomic E-state index is -0.298. The first kappa shape index (κ1) is 14.8. The molecule has 1 aliphatic heterocycles. The van der Waals surface area contributed by atoms with Crippen LogP contribution >= 0.6 is 15.9 Å². The van der Waals surface area contributed by atoms with E-state index in [0.29, 0.717) is 6.54 Å². The van der Waals surface area contributed by atoms with Gasteiger partial charge in [-0.3, -0.25) is 9.69 Å². The van der Waals surface area contributed by atoms with E-state index in [1.54, 1.807) is 0 Å². The fourth-order valence-corrected chi connectivity index (χ4v) is 3.92. The number of alkyl halides is 1. The van der Waals surface area contributed by atoms with E-state index in [9.17, 15) is 9.59 Å². The molecule has 3 amide bonds. The molecule has 2 aliphatic rings. The van der Waals surface area contributed by atoms with Crippen molar-refractivity contribution in [1.29, 1.82) is 0 Å². The Hall–Kier alpha value is -0.580. The molecule has 1 saturated carbocycles. The summed E-state index contributed by atoms with van der Waals surface area (Å²) >= 11 is 3.59. The molecule has 0 bridgehead atoms. The highest BCUT2D eigenvalue weighted by Crippen LogP contribution is 2.39. The number of rotatable bonds is 5. The zero-order chi connectivity index (χ0) is 13.9. The Balaban J connectivity index is 2.04. The molecule has 0 spiro atoms. The summed E-state index contributed by atoms with van der Waals surface area (Å²) in [5, 5.41) is 3.68. The summed E-state index contributed by atoms with van der Waals surface area (Å²) in [7, 11) is 0. The number of carbonyl (C=O) groups excluding carboxylic acids is 2. The van der Waals surface area contributed by atoms with Crippen molar-refractivity contribution in [2.24, 2.45) is 5.41 Å². The Morgan fingerprint density at radius 1 is 1.32 bits per heavy atom. The quantitative estimate of drug-likeness (QED) is 0.622. The number of nitrogens with zero attached hydrogens (tertiary/aromatic N) is 1. The summed E-state index contributed by atoms with van der Waals surface area (Å²) in [6, 6.07) is -0.497. The van der Waals surface area contributed by atoms with Crippen LogP contribution in [0.4, 0.5) is 4.79 Å². The minimum Gasteiger partial charge on any atom is -0.326 e. The van der Waals surface area contributed by atoms with E-state index in [1.807, 2.05) is 6.92 Å². The Kier molecular flexibility index (Phi) is 4.87. The lowest BCUT2D eigenvalue weighted by molar-refractivity contribution is -0.128. The van der Waals surface area contributed by atoms with Gasteiger partial charge in [0.25, 0.3) is 5.91 Å². The molecule has 0 aromatic carbocycles. The molecule has 1 aliphatic carbocycles. The van der Waals surface area contributed by atoms with Gasteiger partial charge in [0.05, 0.1) is 0 Å². The lowest BCUT2D eigenvalue weighted by Gasteiger charge is -2.37. The van der Waals surface area contributed by atoms with Crippen molar-refractivity contribution < 1.29 is 9.59 Å². The normalized spacial score (nSPS) is 26.6. The molecule has 19 heavy (non-hydrogen) atoms. The summed E-state index contributed by atoms with van der Waals surface area (Å²) in [5.41, 5.74) is 0.0896. The Bertz CT molecular complexity index is 353. The molecular weight excluding hydrogens is 308 g/mol. The maximum absolute atomic E-state index is 12.3. The molecule has 1 saturated heterocycles. The zero-order valence-electron chi connectivity index (χ0n) is 11.6. The van der Waals surface area contributed by atoms with Gasteiger partial charge in [-0.2, -0.15) is 0 Å². The van der Waals surface area contributed by atoms with Crippen LogP contribution in [0.2, 0.25) is 0 Å². The van der Waals surface area contributed by atoms with Crippen LogP contribution in [0.15, 0.2) is 0 Å². The second kappa shape index (κ2) is 6.25. The van der Waals surface area contributed by atoms with Gasteiger partial charge in [-0.05, 0) is 24.7 Å². The molecule has 0 aromatic heterocycles. The maximum Gasteiger partial charge on any atom is 0.324 e. The Labute approximate surface area is 123 Å². The van der Waals surface area contributed by atoms with Crippen molar-refractivity contribution in [3.05, 3.63) is 0 Å². The third kappa shape index (κ3) is 3.12. The Morgan fingerprint density at radius 3 is 2.58 bits per heavy atom. The highest BCUT2D eigenvalue weighted by molar-refractivity contribution is 9.09. The second-order valence-electron chi connectivity index (χ2n) is 5.91. The van der Waals surface area contributed by atoms with Gasteiger partial charge in [-0.25, -0.2) is 4.79 Å². The molecule has 0 aromatic rings. The highest BCUT2D eigenvalue weighted by Gasteiger charge is 2.42. The van der Waals surface area contributed by atoms with Crippen molar-refractivity contribution >= 4 is 27.9 Å². The van der Waals surface area contributed by atoms with E-state index in [0.717, 1.165) is 31.0 Å². The summed E-state index contributed by atoms with van der Waals surface area (Å²) in [4.78, 5) is 25.7. The van der Waals surface area contributed by atoms with Gasteiger partial charge in [0.2, 0.25) is 0 Å². The van der Waals surface area contributed by atoms with Gasteiger partial charge in [0, 0.05) is 11.9 Å². The van der Waals surface area contributed by atoms with E-state index in [2.05, 4.69) is 21.2 Å². The van der Waals surface area contributed by atoms with Crippen molar-refractivity contribution in [3.8, 4) is 0 Å². The van der Waals surface area contributed by atoms with E-state index >= 15 is 0 Å². The molecule has 1 unspecified atom stereocenters. The van der Waals surface area contributed by atoms with Crippen LogP contribution < -0.4 is 5.32 Å². The largest absolute Gasteiger partial charge is 0.326 e. The molecule has 4 nitrogen and oxygen atoms in total. The first-order chi connectivity index (χ1) is 9.12. The van der Waals surface area contributed by atoms with E-state index in [-0.39, 0.29) is 23.4 Å². The summed E-state index contributed by atoms with van der Waals surface area (Å²) < 4.78 is 0. The van der Waals surface area contributed by atoms with Crippen LogP contribution in [0.1, 0.15) is 51.9 Å². The van der Waals surface area contributed by atoms with Crippen molar-refractivity contribution in [2.45, 2.75) is 57.9 Å². The number of imide groups is 1. The predicted octanol–water partition coefficient (Wildman–Crippen LogP) is 3.05. The minimum absolute atomic E-state index is 0.0299. The number of nitrogens with one attached hydrogen (secondary N) is 1. The van der Waals surface area contributed by atoms with Crippen LogP contribution in [-0.4, -0.2) is 34.8 Å². The van der Waals surface area contributed by atoms with Gasteiger partial charge in [0.1, 0.15) is 6.04 Å². The molecule has 1 N–H and O–H groups in total. The third-order valence-electron chi connectivity index (χ3n) is 4.38. The predicted molar refractivity (Wildman–Crippen MR) is 78.3 cm³/mol. The number of urea groups is 1. The fraction of sp³-hybridized carbons (Fsp3) is 0.857. The molecule has 1 atom stereocenters. The molecule has 0 radical (unpaired) electrons. The lowest BCUT2D eigenvalue weighted by atomic mass is 9.75. The maximum atomic E-state index is 12.3. The monoisotopic (exact) mass is 330 g/mol. The van der Waals surface area contributed by atoms with Crippen LogP contribution in [0.25, 0.3) is 0 Å². The summed E-state index contributed by atoms with van der Waals surface area (Å²) in [6.45, 7) is 2.60. The topological polar surface area (TPSA) is 49.4 Å². The SMILES string of the molecule is CCCC1NC(=O)N(CC2(CBr)CCCCC2)C1=O. The van der Waals surface area contributed by atoms with E-state index in [1.165, 1.54) is 24.2 Å². The van der Waals surface area contributed by atoms with Crippen molar-refractivity contribution in [2.75, 3.05) is 11.9 Å². The lowest BCUT2D eigenvalue weighted by Crippen LogP contribution is -2.43. The molecular formula is C14H23BrN2O2. The molecule has 108 valence electrons. The third-order valence-corrected chi connectivity index (χ3v) is 5.57. The van der Waals surface area contributed by atoms with Crippen LogP contribution in [-0.2, 0) is 4.79 Å². The molecule has 5 heteroatoms. The first-order valence-corrected chi connectivity index (χ1v) is 8.42. The van der Waals surface area contributed by atoms with Crippen LogP contribution in [0.3, 0.4) is 0 Å². The molecule has 2 rings (SSSR count). The van der Waals surface area contributed by atoms with E-state index < -0.39 is 0 Å². The summed E-state index contributed by atoms with van der Waals surface area (Å²) in [6.07, 6.45) is 7.53. The highest BCUT2D eigenvalue weighted by atomic mass is 79.9. The number of carbonyl (C=O) groups is 2. The van der Waals surface area contributed by atoms with E-state index in [4.69, 9.17) is 0 Å². The first-order valence-electron chi connectivity index (χ1n) is 7.30. The van der Waals surface area contributed by atoms with Gasteiger partial charge in [0.15, 0.2) is 0 Å². The number of hydrogen-bond donors (Lipinski definition) is 1. The molecule has 1 heterocycles. The zero-order valence-corrected chi connectivity index (χ0v) is 13.2. The number of hydrogen-bond acceptors (Lipinski definition) is 2. The van der Waals surface area contributed by atoms with Gasteiger partial charge in [-0.15, -0.1) is 0 Å². The average Bonchev–Trinajstić information content (AvgIpc) is 2.68. The van der Waals surface area contributed by atoms with Gasteiger partial charge >= 0.3 is 6.03 Å². The van der Waals surface area contributed by atoms with Crippen LogP contribution in [0, 0.1) is 5.41 Å². The van der Waals surface area contributed by atoms with Crippen molar-refractivity contribution in [3.63, 3.8) is 0 Å². The molecule has 2 fully saturated rings. The van der Waals surface area contributed by atoms with Gasteiger partial charge < -0.3 is 5.32 Å². The second-order valence-corrected chi connectivity index (χ2v) is 6.47. The summed E-state index contributed by atoms with van der Waals surface area (Å²) in [5.74, 6) is -0.0299. The average molecular weight is 331 g/mol.